The summed E-state index contributed by atoms with van der Waals surface area (Å²) in [4.78, 5) is 0. The molecule has 0 fully saturated rings. The minimum atomic E-state index is 0.296. The molecule has 0 amide bonds. The molecule has 14 heavy (non-hydrogen) atoms. The fourth-order valence-electron chi connectivity index (χ4n) is 1.82. The lowest BCUT2D eigenvalue weighted by molar-refractivity contribution is 0.280. The number of hydrogen-bond donors (Lipinski definition) is 2. The maximum atomic E-state index is 8.59. The molecule has 0 heterocycles. The maximum absolute atomic E-state index is 8.59. The summed E-state index contributed by atoms with van der Waals surface area (Å²) < 4.78 is 0. The van der Waals surface area contributed by atoms with E-state index < -0.39 is 0 Å². The second-order valence-electron chi connectivity index (χ2n) is 5.49. The molecule has 0 aliphatic heterocycles. The van der Waals surface area contributed by atoms with E-state index in [1.54, 1.807) is 0 Å². The highest BCUT2D eigenvalue weighted by atomic mass is 16.3. The molecule has 1 atom stereocenters. The Morgan fingerprint density at radius 2 is 1.86 bits per heavy atom. The van der Waals surface area contributed by atoms with Crippen LogP contribution in [0.4, 0.5) is 0 Å². The summed E-state index contributed by atoms with van der Waals surface area (Å²) in [6.07, 6.45) is 3.39. The molecule has 2 N–H and O–H groups in total. The normalized spacial score (nSPS) is 14.4. The number of hydrogen-bond acceptors (Lipinski definition) is 2. The van der Waals surface area contributed by atoms with E-state index in [1.807, 2.05) is 0 Å². The first-order chi connectivity index (χ1) is 6.45. The van der Waals surface area contributed by atoms with E-state index in [1.165, 1.54) is 12.8 Å². The minimum absolute atomic E-state index is 0.296. The second-order valence-corrected chi connectivity index (χ2v) is 5.49. The lowest BCUT2D eigenvalue weighted by Gasteiger charge is -2.23. The molecule has 1 unspecified atom stereocenters. The van der Waals surface area contributed by atoms with Crippen LogP contribution in [0.1, 0.15) is 47.0 Å². The molecule has 86 valence electrons. The Bertz CT molecular complexity index is 129. The summed E-state index contributed by atoms with van der Waals surface area (Å²) in [5.74, 6) is 0.789. The van der Waals surface area contributed by atoms with Gasteiger partial charge in [-0.2, -0.15) is 0 Å². The molecule has 2 nitrogen and oxygen atoms in total. The van der Waals surface area contributed by atoms with Crippen LogP contribution < -0.4 is 5.32 Å². The molecule has 0 aromatic rings. The van der Waals surface area contributed by atoms with Crippen molar-refractivity contribution >= 4 is 0 Å². The Balaban J connectivity index is 3.31. The van der Waals surface area contributed by atoms with Crippen molar-refractivity contribution in [3.05, 3.63) is 0 Å². The Labute approximate surface area is 89.1 Å². The molecule has 0 radical (unpaired) electrons. The Morgan fingerprint density at radius 3 is 2.36 bits per heavy atom. The molecule has 0 spiro atoms. The Morgan fingerprint density at radius 1 is 1.21 bits per heavy atom. The average molecular weight is 201 g/mol. The van der Waals surface area contributed by atoms with Gasteiger partial charge < -0.3 is 10.4 Å². The minimum Gasteiger partial charge on any atom is -0.396 e. The summed E-state index contributed by atoms with van der Waals surface area (Å²) in [5, 5.41) is 11.9. The lowest BCUT2D eigenvalue weighted by atomic mass is 9.84. The molecule has 0 aromatic carbocycles. The topological polar surface area (TPSA) is 32.3 Å². The second kappa shape index (κ2) is 7.24. The number of aliphatic hydroxyl groups is 1. The van der Waals surface area contributed by atoms with Gasteiger partial charge in [-0.15, -0.1) is 0 Å². The van der Waals surface area contributed by atoms with E-state index in [-0.39, 0.29) is 0 Å². The van der Waals surface area contributed by atoms with Gasteiger partial charge in [-0.1, -0.05) is 27.7 Å². The van der Waals surface area contributed by atoms with E-state index >= 15 is 0 Å². The first-order valence-electron chi connectivity index (χ1n) is 5.77. The van der Waals surface area contributed by atoms with Gasteiger partial charge in [0, 0.05) is 6.61 Å². The summed E-state index contributed by atoms with van der Waals surface area (Å²) in [7, 11) is 0. The van der Waals surface area contributed by atoms with Crippen LogP contribution in [0.3, 0.4) is 0 Å². The third kappa shape index (κ3) is 10.0. The van der Waals surface area contributed by atoms with Crippen LogP contribution in [-0.4, -0.2) is 24.8 Å². The molecule has 0 saturated heterocycles. The van der Waals surface area contributed by atoms with Crippen molar-refractivity contribution in [2.45, 2.75) is 47.0 Å². The Kier molecular flexibility index (Phi) is 7.20. The molecule has 0 bridgehead atoms. The zero-order valence-electron chi connectivity index (χ0n) is 10.3. The zero-order valence-corrected chi connectivity index (χ0v) is 10.3. The number of rotatable bonds is 7. The predicted octanol–water partition coefficient (Wildman–Crippen LogP) is 2.42. The van der Waals surface area contributed by atoms with E-state index in [2.05, 4.69) is 33.0 Å². The van der Waals surface area contributed by atoms with E-state index in [0.29, 0.717) is 12.0 Å². The lowest BCUT2D eigenvalue weighted by Crippen LogP contribution is -2.21. The van der Waals surface area contributed by atoms with Gasteiger partial charge in [-0.25, -0.2) is 0 Å². The van der Waals surface area contributed by atoms with Crippen LogP contribution in [0.25, 0.3) is 0 Å². The van der Waals surface area contributed by atoms with Crippen LogP contribution in [0, 0.1) is 11.3 Å². The van der Waals surface area contributed by atoms with Crippen molar-refractivity contribution in [2.24, 2.45) is 11.3 Å². The molecule has 0 saturated carbocycles. The summed E-state index contributed by atoms with van der Waals surface area (Å²) in [5.41, 5.74) is 0.449. The fourth-order valence-corrected chi connectivity index (χ4v) is 1.82. The van der Waals surface area contributed by atoms with Gasteiger partial charge >= 0.3 is 0 Å². The van der Waals surface area contributed by atoms with Gasteiger partial charge in [0.2, 0.25) is 0 Å². The van der Waals surface area contributed by atoms with Crippen molar-refractivity contribution in [1.29, 1.82) is 0 Å². The molecule has 0 aliphatic carbocycles. The number of aliphatic hydroxyl groups excluding tert-OH is 1. The van der Waals surface area contributed by atoms with Crippen molar-refractivity contribution in [1.82, 2.24) is 5.32 Å². The van der Waals surface area contributed by atoms with Crippen molar-refractivity contribution in [3.63, 3.8) is 0 Å². The smallest absolute Gasteiger partial charge is 0.0443 e. The first kappa shape index (κ1) is 13.9. The SMILES string of the molecule is CC(CCNCCCO)CC(C)(C)C. The molecular weight excluding hydrogens is 174 g/mol. The summed E-state index contributed by atoms with van der Waals surface area (Å²) in [6.45, 7) is 11.5. The zero-order chi connectivity index (χ0) is 11.0. The van der Waals surface area contributed by atoms with Crippen LogP contribution >= 0.6 is 0 Å². The third-order valence-corrected chi connectivity index (χ3v) is 2.29. The molecule has 0 aliphatic rings. The molecule has 0 rings (SSSR count). The van der Waals surface area contributed by atoms with Gasteiger partial charge in [-0.3, -0.25) is 0 Å². The van der Waals surface area contributed by atoms with E-state index in [9.17, 15) is 0 Å². The molecule has 2 heteroatoms. The highest BCUT2D eigenvalue weighted by Gasteiger charge is 2.14. The molecule has 0 aromatic heterocycles. The van der Waals surface area contributed by atoms with E-state index in [0.717, 1.165) is 25.4 Å². The van der Waals surface area contributed by atoms with Crippen LogP contribution in [0.2, 0.25) is 0 Å². The average Bonchev–Trinajstić information content (AvgIpc) is 2.00. The highest BCUT2D eigenvalue weighted by molar-refractivity contribution is 4.67. The largest absolute Gasteiger partial charge is 0.396 e. The van der Waals surface area contributed by atoms with Crippen LogP contribution in [0.15, 0.2) is 0 Å². The molecular formula is C12H27NO. The third-order valence-electron chi connectivity index (χ3n) is 2.29. The van der Waals surface area contributed by atoms with Gasteiger partial charge in [-0.05, 0) is 43.7 Å². The number of nitrogens with one attached hydrogen (secondary N) is 1. The van der Waals surface area contributed by atoms with Gasteiger partial charge in [0.25, 0.3) is 0 Å². The van der Waals surface area contributed by atoms with Gasteiger partial charge in [0.05, 0.1) is 0 Å². The maximum Gasteiger partial charge on any atom is 0.0443 e. The van der Waals surface area contributed by atoms with Crippen LogP contribution in [0.5, 0.6) is 0 Å². The van der Waals surface area contributed by atoms with E-state index in [4.69, 9.17) is 5.11 Å². The first-order valence-corrected chi connectivity index (χ1v) is 5.77. The predicted molar refractivity (Wildman–Crippen MR) is 62.4 cm³/mol. The van der Waals surface area contributed by atoms with Gasteiger partial charge in [0.1, 0.15) is 0 Å². The highest BCUT2D eigenvalue weighted by Crippen LogP contribution is 2.25. The van der Waals surface area contributed by atoms with Crippen molar-refractivity contribution in [3.8, 4) is 0 Å². The fraction of sp³-hybridized carbons (Fsp3) is 1.00. The monoisotopic (exact) mass is 201 g/mol. The Hall–Kier alpha value is -0.0800. The summed E-state index contributed by atoms with van der Waals surface area (Å²) in [6, 6.07) is 0. The van der Waals surface area contributed by atoms with Crippen LogP contribution in [-0.2, 0) is 0 Å². The standard InChI is InChI=1S/C12H27NO/c1-11(10-12(2,3)4)6-8-13-7-5-9-14/h11,13-14H,5-10H2,1-4H3. The van der Waals surface area contributed by atoms with Crippen molar-refractivity contribution < 1.29 is 5.11 Å². The van der Waals surface area contributed by atoms with Gasteiger partial charge in [0.15, 0.2) is 0 Å². The summed E-state index contributed by atoms with van der Waals surface area (Å²) >= 11 is 0. The quantitative estimate of drug-likeness (QED) is 0.620. The van der Waals surface area contributed by atoms with Crippen molar-refractivity contribution in [2.75, 3.05) is 19.7 Å².